The second kappa shape index (κ2) is 13.7. The van der Waals surface area contributed by atoms with Crippen LogP contribution in [-0.4, -0.2) is 52.3 Å². The molecule has 0 aliphatic heterocycles. The van der Waals surface area contributed by atoms with Gasteiger partial charge in [-0.15, -0.1) is 6.58 Å². The highest BCUT2D eigenvalue weighted by Gasteiger charge is 2.29. The van der Waals surface area contributed by atoms with E-state index in [1.807, 2.05) is 13.8 Å². The van der Waals surface area contributed by atoms with Crippen LogP contribution in [0.3, 0.4) is 0 Å². The van der Waals surface area contributed by atoms with Gasteiger partial charge in [-0.3, -0.25) is 9.59 Å². The number of nitrogens with one attached hydrogen (secondary N) is 2. The van der Waals surface area contributed by atoms with Gasteiger partial charge in [-0.25, -0.2) is 15.1 Å². The summed E-state index contributed by atoms with van der Waals surface area (Å²) >= 11 is 0. The lowest BCUT2D eigenvalue weighted by Gasteiger charge is -2.23. The van der Waals surface area contributed by atoms with Gasteiger partial charge in [0.2, 0.25) is 5.91 Å². The fourth-order valence-electron chi connectivity index (χ4n) is 2.57. The number of rotatable bonds is 14. The molecule has 1 amide bonds. The number of guanidine groups is 1. The molecule has 12 heteroatoms. The van der Waals surface area contributed by atoms with E-state index in [0.717, 1.165) is 0 Å². The summed E-state index contributed by atoms with van der Waals surface area (Å²) in [5, 5.41) is 31.0. The fraction of sp³-hybridized carbons (Fsp3) is 0.688. The first-order valence-electron chi connectivity index (χ1n) is 9.06. The highest BCUT2D eigenvalue weighted by Crippen LogP contribution is 2.16. The molecule has 11 nitrogen and oxygen atoms in total. The van der Waals surface area contributed by atoms with Crippen LogP contribution in [0, 0.1) is 22.0 Å². The van der Waals surface area contributed by atoms with Gasteiger partial charge in [-0.05, 0) is 25.2 Å². The molecule has 6 N–H and O–H groups in total. The zero-order valence-electron chi connectivity index (χ0n) is 16.3. The lowest BCUT2D eigenvalue weighted by molar-refractivity contribution is -0.525. The van der Waals surface area contributed by atoms with Crippen LogP contribution in [0.2, 0.25) is 0 Å². The number of nitro groups is 1. The van der Waals surface area contributed by atoms with Crippen molar-refractivity contribution in [2.75, 3.05) is 6.54 Å². The highest BCUT2D eigenvalue weighted by molar-refractivity contribution is 6.43. The van der Waals surface area contributed by atoms with E-state index in [4.69, 9.17) is 5.73 Å². The van der Waals surface area contributed by atoms with Gasteiger partial charge >= 0.3 is 7.12 Å². The van der Waals surface area contributed by atoms with Crippen LogP contribution in [-0.2, 0) is 9.59 Å². The Bertz CT molecular complexity index is 570. The molecule has 0 aliphatic rings. The molecule has 0 saturated heterocycles. The van der Waals surface area contributed by atoms with Crippen LogP contribution < -0.4 is 16.5 Å². The van der Waals surface area contributed by atoms with E-state index < -0.39 is 29.9 Å². The quantitative estimate of drug-likeness (QED) is 0.0495. The first-order valence-corrected chi connectivity index (χ1v) is 9.06. The number of nitrogens with zero attached hydrogens (tertiary/aromatic N) is 2. The standard InChI is InChI=1S/C16H30BN5O6/c1-4-6-13(23)10-12(7-5-8-19-16(18)21-22(27)28)15(24)20-14(17(25)26)9-11(2)3/h4,11-12,14,25-26H,1,5-10H2,2-3H3,(H,20,24)(H3,18,19,21)/t12-,14+/m1/s1. The number of hydrogen-bond donors (Lipinski definition) is 5. The predicted octanol–water partition coefficient (Wildman–Crippen LogP) is -0.443. The summed E-state index contributed by atoms with van der Waals surface area (Å²) < 4.78 is 0. The number of ketones is 1. The summed E-state index contributed by atoms with van der Waals surface area (Å²) in [6.07, 6.45) is 2.55. The van der Waals surface area contributed by atoms with Crippen molar-refractivity contribution in [1.29, 1.82) is 0 Å². The number of allylic oxidation sites excluding steroid dienone is 1. The van der Waals surface area contributed by atoms with Gasteiger partial charge in [0, 0.05) is 25.3 Å². The number of aliphatic imine (C=N–C) groups is 1. The normalized spacial score (nSPS) is 13.5. The van der Waals surface area contributed by atoms with E-state index in [1.165, 1.54) is 6.08 Å². The van der Waals surface area contributed by atoms with E-state index in [0.29, 0.717) is 12.8 Å². The molecule has 0 aromatic carbocycles. The number of hydrogen-bond acceptors (Lipinski definition) is 7. The van der Waals surface area contributed by atoms with Gasteiger partial charge in [0.1, 0.15) is 5.78 Å². The molecule has 0 heterocycles. The largest absolute Gasteiger partial charge is 0.475 e. The Balaban J connectivity index is 4.93. The van der Waals surface area contributed by atoms with Gasteiger partial charge in [0.15, 0.2) is 5.03 Å². The number of carbonyl (C=O) groups is 2. The Labute approximate surface area is 164 Å². The van der Waals surface area contributed by atoms with Crippen LogP contribution in [0.4, 0.5) is 0 Å². The van der Waals surface area contributed by atoms with Crippen molar-refractivity contribution in [2.45, 2.75) is 51.9 Å². The van der Waals surface area contributed by atoms with Gasteiger partial charge < -0.3 is 21.1 Å². The molecule has 158 valence electrons. The monoisotopic (exact) mass is 399 g/mol. The summed E-state index contributed by atoms with van der Waals surface area (Å²) in [4.78, 5) is 38.5. The molecule has 2 atom stereocenters. The van der Waals surface area contributed by atoms with E-state index in [-0.39, 0.29) is 43.5 Å². The highest BCUT2D eigenvalue weighted by atomic mass is 16.7. The van der Waals surface area contributed by atoms with Crippen LogP contribution in [0.1, 0.15) is 46.0 Å². The second-order valence-electron chi connectivity index (χ2n) is 6.87. The number of carbonyl (C=O) groups excluding carboxylic acids is 2. The summed E-state index contributed by atoms with van der Waals surface area (Å²) in [6.45, 7) is 7.39. The van der Waals surface area contributed by atoms with Crippen molar-refractivity contribution in [2.24, 2.45) is 22.6 Å². The number of hydrazine groups is 1. The maximum Gasteiger partial charge on any atom is 0.475 e. The zero-order valence-corrected chi connectivity index (χ0v) is 16.3. The lowest BCUT2D eigenvalue weighted by atomic mass is 9.74. The summed E-state index contributed by atoms with van der Waals surface area (Å²) in [5.41, 5.74) is 7.02. The molecular formula is C16H30BN5O6. The van der Waals surface area contributed by atoms with Crippen LogP contribution in [0.15, 0.2) is 17.6 Å². The zero-order chi connectivity index (χ0) is 21.7. The second-order valence-corrected chi connectivity index (χ2v) is 6.87. The number of nitrogens with two attached hydrogens (primary N) is 1. The van der Waals surface area contributed by atoms with Crippen molar-refractivity contribution in [3.05, 3.63) is 22.8 Å². The van der Waals surface area contributed by atoms with E-state index in [9.17, 15) is 29.8 Å². The van der Waals surface area contributed by atoms with Crippen molar-refractivity contribution >= 4 is 24.8 Å². The molecule has 0 fully saturated rings. The van der Waals surface area contributed by atoms with E-state index >= 15 is 0 Å². The minimum Gasteiger partial charge on any atom is -0.426 e. The number of Topliss-reactive ketones (excluding diaryl/α,β-unsaturated/α-hetero) is 1. The SMILES string of the molecule is C=CCC(=O)C[C@@H](CCCN=C(N)N[N+](=O)[O-])C(=O)N[C@@H](CC(C)C)B(O)O. The first kappa shape index (κ1) is 25.5. The fourth-order valence-corrected chi connectivity index (χ4v) is 2.57. The van der Waals surface area contributed by atoms with Crippen molar-refractivity contribution in [3.63, 3.8) is 0 Å². The lowest BCUT2D eigenvalue weighted by Crippen LogP contribution is -2.49. The summed E-state index contributed by atoms with van der Waals surface area (Å²) in [6, 6.07) is 0. The molecule has 0 bridgehead atoms. The molecule has 0 aromatic heterocycles. The third kappa shape index (κ3) is 12.0. The molecule has 0 aromatic rings. The van der Waals surface area contributed by atoms with Crippen molar-refractivity contribution in [3.8, 4) is 0 Å². The Morgan fingerprint density at radius 1 is 1.39 bits per heavy atom. The smallest absolute Gasteiger partial charge is 0.426 e. The topological polar surface area (TPSA) is 180 Å². The summed E-state index contributed by atoms with van der Waals surface area (Å²) in [5.74, 6) is -2.40. The third-order valence-electron chi connectivity index (χ3n) is 3.83. The number of amides is 1. The Morgan fingerprint density at radius 2 is 2.04 bits per heavy atom. The molecule has 0 radical (unpaired) electrons. The average molecular weight is 399 g/mol. The van der Waals surface area contributed by atoms with Crippen LogP contribution >= 0.6 is 0 Å². The van der Waals surface area contributed by atoms with Crippen LogP contribution in [0.5, 0.6) is 0 Å². The molecule has 0 spiro atoms. The average Bonchev–Trinajstić information content (AvgIpc) is 2.55. The Kier molecular flexibility index (Phi) is 12.5. The van der Waals surface area contributed by atoms with Crippen LogP contribution in [0.25, 0.3) is 0 Å². The van der Waals surface area contributed by atoms with Crippen molar-refractivity contribution < 1.29 is 24.7 Å². The van der Waals surface area contributed by atoms with Crippen molar-refractivity contribution in [1.82, 2.24) is 10.7 Å². The molecule has 0 aliphatic carbocycles. The van der Waals surface area contributed by atoms with Gasteiger partial charge in [0.25, 0.3) is 5.96 Å². The summed E-state index contributed by atoms with van der Waals surface area (Å²) in [7, 11) is -1.71. The minimum atomic E-state index is -1.71. The minimum absolute atomic E-state index is 0.0277. The molecule has 0 saturated carbocycles. The van der Waals surface area contributed by atoms with Gasteiger partial charge in [0.05, 0.1) is 5.94 Å². The van der Waals surface area contributed by atoms with Gasteiger partial charge in [-0.2, -0.15) is 0 Å². The molecule has 28 heavy (non-hydrogen) atoms. The predicted molar refractivity (Wildman–Crippen MR) is 105 cm³/mol. The molecule has 0 unspecified atom stereocenters. The maximum atomic E-state index is 12.6. The maximum absolute atomic E-state index is 12.6. The molecule has 0 rings (SSSR count). The molecular weight excluding hydrogens is 369 g/mol. The van der Waals surface area contributed by atoms with E-state index in [2.05, 4.69) is 16.9 Å². The third-order valence-corrected chi connectivity index (χ3v) is 3.83. The Hall–Kier alpha value is -2.47. The Morgan fingerprint density at radius 3 is 2.54 bits per heavy atom. The van der Waals surface area contributed by atoms with E-state index in [1.54, 1.807) is 5.43 Å². The van der Waals surface area contributed by atoms with Gasteiger partial charge in [-0.1, -0.05) is 25.3 Å². The first-order chi connectivity index (χ1) is 13.1.